The van der Waals surface area contributed by atoms with Crippen LogP contribution in [0.1, 0.15) is 59.3 Å². The van der Waals surface area contributed by atoms with E-state index in [1.807, 2.05) is 6.92 Å². The maximum Gasteiger partial charge on any atom is 0.342 e. The molecular formula is C19H28O4Si. The topological polar surface area (TPSA) is 52.6 Å². The Morgan fingerprint density at radius 3 is 2.54 bits per heavy atom. The van der Waals surface area contributed by atoms with Crippen LogP contribution in [-0.2, 0) is 29.0 Å². The molecule has 0 atom stereocenters. The smallest absolute Gasteiger partial charge is 0.342 e. The molecule has 0 N–H and O–H groups in total. The lowest BCUT2D eigenvalue weighted by Crippen LogP contribution is -2.35. The second kappa shape index (κ2) is 7.51. The Bertz CT molecular complexity index is 650. The summed E-state index contributed by atoms with van der Waals surface area (Å²) in [4.78, 5) is 23.6. The minimum atomic E-state index is -1.97. The molecule has 5 heteroatoms. The van der Waals surface area contributed by atoms with Gasteiger partial charge in [0.15, 0.2) is 0 Å². The summed E-state index contributed by atoms with van der Waals surface area (Å²) in [6.07, 6.45) is 4.21. The highest BCUT2D eigenvalue weighted by Crippen LogP contribution is 2.40. The highest BCUT2D eigenvalue weighted by atomic mass is 28.4. The first kappa shape index (κ1) is 18.7. The summed E-state index contributed by atoms with van der Waals surface area (Å²) in [6, 6.07) is 1.03. The molecule has 0 unspecified atom stereocenters. The van der Waals surface area contributed by atoms with E-state index in [0.29, 0.717) is 17.9 Å². The van der Waals surface area contributed by atoms with Gasteiger partial charge in [0.2, 0.25) is 8.32 Å². The van der Waals surface area contributed by atoms with E-state index in [2.05, 4.69) is 26.9 Å². The zero-order valence-corrected chi connectivity index (χ0v) is 16.5. The van der Waals surface area contributed by atoms with Gasteiger partial charge >= 0.3 is 5.97 Å². The number of fused-ring (bicyclic) bond motifs is 1. The van der Waals surface area contributed by atoms with Crippen molar-refractivity contribution < 1.29 is 18.8 Å². The van der Waals surface area contributed by atoms with Crippen LogP contribution in [0.4, 0.5) is 0 Å². The summed E-state index contributed by atoms with van der Waals surface area (Å²) >= 11 is 0. The molecule has 0 fully saturated rings. The van der Waals surface area contributed by atoms with Gasteiger partial charge < -0.3 is 14.0 Å². The molecule has 132 valence electrons. The van der Waals surface area contributed by atoms with E-state index in [1.165, 1.54) is 0 Å². The molecule has 1 aromatic rings. The monoisotopic (exact) mass is 348 g/mol. The fraction of sp³-hybridized carbons (Fsp3) is 0.579. The van der Waals surface area contributed by atoms with Crippen molar-refractivity contribution in [3.05, 3.63) is 27.8 Å². The normalized spacial score (nSPS) is 13.6. The van der Waals surface area contributed by atoms with Gasteiger partial charge in [-0.25, -0.2) is 4.79 Å². The minimum absolute atomic E-state index is 0.276. The van der Waals surface area contributed by atoms with Crippen molar-refractivity contribution in [1.82, 2.24) is 0 Å². The fourth-order valence-corrected chi connectivity index (χ4v) is 5.53. The molecule has 0 spiro atoms. The predicted molar refractivity (Wildman–Crippen MR) is 97.3 cm³/mol. The van der Waals surface area contributed by atoms with Crippen molar-refractivity contribution in [2.45, 2.75) is 72.2 Å². The molecule has 1 aromatic carbocycles. The molecule has 0 aliphatic carbocycles. The summed E-state index contributed by atoms with van der Waals surface area (Å²) in [5, 5.41) is 0. The van der Waals surface area contributed by atoms with Crippen LogP contribution in [0, 0.1) is 6.92 Å². The third-order valence-electron chi connectivity index (χ3n) is 4.78. The van der Waals surface area contributed by atoms with E-state index in [1.54, 1.807) is 0 Å². The van der Waals surface area contributed by atoms with Gasteiger partial charge in [0, 0.05) is 17.5 Å². The molecule has 0 radical (unpaired) electrons. The number of esters is 1. The Hall–Kier alpha value is -1.62. The third kappa shape index (κ3) is 3.56. The van der Waals surface area contributed by atoms with Gasteiger partial charge in [0.25, 0.3) is 0 Å². The fourth-order valence-electron chi connectivity index (χ4n) is 3.45. The molecule has 0 saturated heterocycles. The van der Waals surface area contributed by atoms with Gasteiger partial charge in [-0.05, 0) is 43.6 Å². The van der Waals surface area contributed by atoms with E-state index in [9.17, 15) is 9.59 Å². The molecule has 2 rings (SSSR count). The van der Waals surface area contributed by atoms with Crippen LogP contribution in [0.5, 0.6) is 5.75 Å². The summed E-state index contributed by atoms with van der Waals surface area (Å²) in [7, 11) is -1.97. The van der Waals surface area contributed by atoms with Gasteiger partial charge in [-0.15, -0.1) is 0 Å². The number of hydrogen-bond acceptors (Lipinski definition) is 4. The van der Waals surface area contributed by atoms with Crippen LogP contribution in [-0.4, -0.2) is 20.6 Å². The van der Waals surface area contributed by atoms with Crippen molar-refractivity contribution in [2.75, 3.05) is 0 Å². The second-order valence-electron chi connectivity index (χ2n) is 7.03. The number of rotatable bonds is 8. The maximum absolute atomic E-state index is 12.3. The molecule has 1 aliphatic heterocycles. The number of hydrogen-bond donors (Lipinski definition) is 0. The number of benzene rings is 1. The first-order chi connectivity index (χ1) is 11.4. The van der Waals surface area contributed by atoms with Gasteiger partial charge in [0.1, 0.15) is 24.2 Å². The van der Waals surface area contributed by atoms with Crippen LogP contribution >= 0.6 is 0 Å². The van der Waals surface area contributed by atoms with Crippen molar-refractivity contribution in [3.8, 4) is 5.75 Å². The summed E-state index contributed by atoms with van der Waals surface area (Å²) in [5.41, 5.74) is 4.55. The predicted octanol–water partition coefficient (Wildman–Crippen LogP) is 4.35. The second-order valence-corrected chi connectivity index (χ2v) is 11.3. The lowest BCUT2D eigenvalue weighted by molar-refractivity contribution is -0.107. The highest BCUT2D eigenvalue weighted by Gasteiger charge is 2.35. The number of unbranched alkanes of at least 4 members (excludes halogenated alkanes) is 1. The Kier molecular flexibility index (Phi) is 5.86. The highest BCUT2D eigenvalue weighted by molar-refractivity contribution is 6.71. The molecule has 1 aliphatic rings. The number of carbonyl (C=O) groups is 2. The number of carbonyl (C=O) groups excluding carboxylic acids is 2. The molecule has 0 aromatic heterocycles. The Labute approximate surface area is 145 Å². The van der Waals surface area contributed by atoms with Gasteiger partial charge in [-0.1, -0.05) is 26.7 Å². The van der Waals surface area contributed by atoms with Gasteiger partial charge in [-0.3, -0.25) is 0 Å². The van der Waals surface area contributed by atoms with Crippen LogP contribution in [0.3, 0.4) is 0 Å². The van der Waals surface area contributed by atoms with Gasteiger partial charge in [0.05, 0.1) is 0 Å². The molecule has 0 saturated carbocycles. The SMILES string of the molecule is CCCC[Si](C)(C)Oc1c(CC=O)c(CC)c(C)c2c1C(=O)OC2. The van der Waals surface area contributed by atoms with E-state index < -0.39 is 8.32 Å². The quantitative estimate of drug-likeness (QED) is 0.398. The van der Waals surface area contributed by atoms with E-state index in [4.69, 9.17) is 9.16 Å². The average Bonchev–Trinajstić information content (AvgIpc) is 2.92. The van der Waals surface area contributed by atoms with Crippen molar-refractivity contribution in [3.63, 3.8) is 0 Å². The van der Waals surface area contributed by atoms with Gasteiger partial charge in [-0.2, -0.15) is 0 Å². The molecule has 24 heavy (non-hydrogen) atoms. The summed E-state index contributed by atoms with van der Waals surface area (Å²) < 4.78 is 11.8. The van der Waals surface area contributed by atoms with Crippen molar-refractivity contribution >= 4 is 20.6 Å². The Morgan fingerprint density at radius 1 is 1.25 bits per heavy atom. The molecule has 0 amide bonds. The lowest BCUT2D eigenvalue weighted by atomic mass is 9.89. The van der Waals surface area contributed by atoms with Crippen LogP contribution in [0.15, 0.2) is 0 Å². The van der Waals surface area contributed by atoms with Crippen LogP contribution in [0.25, 0.3) is 0 Å². The summed E-state index contributed by atoms with van der Waals surface area (Å²) in [6.45, 7) is 10.9. The zero-order valence-electron chi connectivity index (χ0n) is 15.5. The Morgan fingerprint density at radius 2 is 1.96 bits per heavy atom. The minimum Gasteiger partial charge on any atom is -0.543 e. The lowest BCUT2D eigenvalue weighted by Gasteiger charge is -2.28. The number of aldehydes is 1. The largest absolute Gasteiger partial charge is 0.543 e. The summed E-state index contributed by atoms with van der Waals surface area (Å²) in [5.74, 6) is 0.299. The first-order valence-electron chi connectivity index (χ1n) is 8.83. The standard InChI is InChI=1S/C19H28O4Si/c1-6-8-11-24(4,5)23-18-15(9-10-20)14(7-2)13(3)16-12-22-19(21)17(16)18/h10H,6-9,11-12H2,1-5H3. The van der Waals surface area contributed by atoms with E-state index in [0.717, 1.165) is 53.8 Å². The average molecular weight is 349 g/mol. The Balaban J connectivity index is 2.61. The molecule has 0 bridgehead atoms. The molecule has 4 nitrogen and oxygen atoms in total. The van der Waals surface area contributed by atoms with Crippen LogP contribution in [0.2, 0.25) is 19.1 Å². The van der Waals surface area contributed by atoms with Crippen molar-refractivity contribution in [1.29, 1.82) is 0 Å². The van der Waals surface area contributed by atoms with E-state index >= 15 is 0 Å². The molecule has 1 heterocycles. The third-order valence-corrected chi connectivity index (χ3v) is 7.09. The molecular weight excluding hydrogens is 320 g/mol. The van der Waals surface area contributed by atoms with Crippen LogP contribution < -0.4 is 4.43 Å². The number of cyclic esters (lactones) is 1. The van der Waals surface area contributed by atoms with E-state index in [-0.39, 0.29) is 12.4 Å². The first-order valence-corrected chi connectivity index (χ1v) is 11.9. The number of ether oxygens (including phenoxy) is 1. The van der Waals surface area contributed by atoms with Crippen molar-refractivity contribution in [2.24, 2.45) is 0 Å². The maximum atomic E-state index is 12.3. The zero-order chi connectivity index (χ0) is 17.9.